The van der Waals surface area contributed by atoms with Gasteiger partial charge in [-0.05, 0) is 30.2 Å². The zero-order valence-corrected chi connectivity index (χ0v) is 14.9. The van der Waals surface area contributed by atoms with Crippen molar-refractivity contribution in [2.24, 2.45) is 0 Å². The van der Waals surface area contributed by atoms with Crippen LogP contribution in [-0.2, 0) is 12.8 Å². The fourth-order valence-corrected chi connectivity index (χ4v) is 2.81. The minimum atomic E-state index is -0.139. The van der Waals surface area contributed by atoms with Crippen LogP contribution < -0.4 is 19.6 Å². The molecule has 3 rings (SSSR count). The van der Waals surface area contributed by atoms with Crippen LogP contribution in [0.2, 0.25) is 0 Å². The summed E-state index contributed by atoms with van der Waals surface area (Å²) in [5, 5.41) is 10.3. The molecule has 2 aromatic carbocycles. The largest absolute Gasteiger partial charge is 0.504 e. The molecule has 6 heteroatoms. The van der Waals surface area contributed by atoms with E-state index in [0.29, 0.717) is 46.8 Å². The van der Waals surface area contributed by atoms with Crippen molar-refractivity contribution in [3.05, 3.63) is 57.9 Å². The van der Waals surface area contributed by atoms with Gasteiger partial charge in [0.15, 0.2) is 28.4 Å². The van der Waals surface area contributed by atoms with E-state index in [1.807, 2.05) is 6.07 Å². The summed E-state index contributed by atoms with van der Waals surface area (Å²) >= 11 is 0. The molecule has 0 aliphatic rings. The van der Waals surface area contributed by atoms with Crippen molar-refractivity contribution in [3.8, 4) is 23.0 Å². The van der Waals surface area contributed by atoms with E-state index in [1.54, 1.807) is 24.3 Å². The molecule has 6 nitrogen and oxygen atoms in total. The van der Waals surface area contributed by atoms with Crippen molar-refractivity contribution in [1.82, 2.24) is 0 Å². The molecule has 3 aromatic rings. The Bertz CT molecular complexity index is 989. The van der Waals surface area contributed by atoms with Crippen LogP contribution in [0.1, 0.15) is 11.3 Å². The highest BCUT2D eigenvalue weighted by Crippen LogP contribution is 2.31. The SMILES string of the molecule is COc1ccc(CCc2cc(=O)c3cc(OC)c(OC)cc3o2)cc1O. The molecule has 0 fully saturated rings. The molecule has 0 atom stereocenters. The number of benzene rings is 2. The maximum atomic E-state index is 12.4. The average molecular weight is 356 g/mol. The Morgan fingerprint density at radius 2 is 1.58 bits per heavy atom. The normalized spacial score (nSPS) is 10.7. The zero-order valence-electron chi connectivity index (χ0n) is 14.9. The standard InChI is InChI=1S/C20H20O6/c1-23-17-7-5-12(8-16(17)22)4-6-13-9-15(21)14-10-19(24-2)20(25-3)11-18(14)26-13/h5,7-11,22H,4,6H2,1-3H3. The van der Waals surface area contributed by atoms with Gasteiger partial charge in [-0.2, -0.15) is 0 Å². The fourth-order valence-electron chi connectivity index (χ4n) is 2.81. The Hall–Kier alpha value is -3.15. The second-order valence-corrected chi connectivity index (χ2v) is 5.79. The van der Waals surface area contributed by atoms with Crippen LogP contribution in [0, 0.1) is 0 Å². The Balaban J connectivity index is 1.89. The van der Waals surface area contributed by atoms with Crippen molar-refractivity contribution >= 4 is 11.0 Å². The summed E-state index contributed by atoms with van der Waals surface area (Å²) in [6.45, 7) is 0. The van der Waals surface area contributed by atoms with E-state index in [4.69, 9.17) is 18.6 Å². The third-order valence-electron chi connectivity index (χ3n) is 4.19. The number of phenolic OH excluding ortho intramolecular Hbond substituents is 1. The van der Waals surface area contributed by atoms with Gasteiger partial charge in [0.05, 0.1) is 26.7 Å². The lowest BCUT2D eigenvalue weighted by atomic mass is 10.1. The highest BCUT2D eigenvalue weighted by Gasteiger charge is 2.12. The van der Waals surface area contributed by atoms with Crippen molar-refractivity contribution < 1.29 is 23.7 Å². The van der Waals surface area contributed by atoms with Crippen LogP contribution in [0.25, 0.3) is 11.0 Å². The first-order valence-corrected chi connectivity index (χ1v) is 8.10. The molecule has 26 heavy (non-hydrogen) atoms. The number of phenols is 1. The van der Waals surface area contributed by atoms with Gasteiger partial charge in [-0.25, -0.2) is 0 Å². The molecular formula is C20H20O6. The highest BCUT2D eigenvalue weighted by molar-refractivity contribution is 5.80. The summed E-state index contributed by atoms with van der Waals surface area (Å²) in [5.41, 5.74) is 1.22. The van der Waals surface area contributed by atoms with Crippen molar-refractivity contribution in [1.29, 1.82) is 0 Å². The summed E-state index contributed by atoms with van der Waals surface area (Å²) < 4.78 is 21.4. The van der Waals surface area contributed by atoms with Gasteiger partial charge in [0.2, 0.25) is 0 Å². The lowest BCUT2D eigenvalue weighted by Crippen LogP contribution is -2.04. The first-order chi connectivity index (χ1) is 12.5. The summed E-state index contributed by atoms with van der Waals surface area (Å²) in [6, 6.07) is 9.97. The second-order valence-electron chi connectivity index (χ2n) is 5.79. The minimum absolute atomic E-state index is 0.0850. The van der Waals surface area contributed by atoms with Crippen molar-refractivity contribution in [2.75, 3.05) is 21.3 Å². The van der Waals surface area contributed by atoms with E-state index < -0.39 is 0 Å². The molecule has 1 N–H and O–H groups in total. The Kier molecular flexibility index (Phi) is 5.02. The molecular weight excluding hydrogens is 336 g/mol. The molecule has 1 heterocycles. The molecule has 0 aliphatic heterocycles. The Morgan fingerprint density at radius 3 is 2.23 bits per heavy atom. The molecule has 0 radical (unpaired) electrons. The quantitative estimate of drug-likeness (QED) is 0.730. The lowest BCUT2D eigenvalue weighted by Gasteiger charge is -2.09. The number of methoxy groups -OCH3 is 3. The van der Waals surface area contributed by atoms with Crippen LogP contribution in [0.3, 0.4) is 0 Å². The van der Waals surface area contributed by atoms with E-state index >= 15 is 0 Å². The third-order valence-corrected chi connectivity index (χ3v) is 4.19. The number of hydrogen-bond acceptors (Lipinski definition) is 6. The van der Waals surface area contributed by atoms with E-state index in [1.165, 1.54) is 27.4 Å². The minimum Gasteiger partial charge on any atom is -0.504 e. The summed E-state index contributed by atoms with van der Waals surface area (Å²) in [7, 11) is 4.55. The summed E-state index contributed by atoms with van der Waals surface area (Å²) in [5.74, 6) is 2.05. The number of rotatable bonds is 6. The molecule has 1 aromatic heterocycles. The molecule has 0 amide bonds. The third kappa shape index (κ3) is 3.44. The maximum Gasteiger partial charge on any atom is 0.193 e. The van der Waals surface area contributed by atoms with Crippen molar-refractivity contribution in [2.45, 2.75) is 12.8 Å². The molecule has 0 aliphatic carbocycles. The Labute approximate surface area is 150 Å². The van der Waals surface area contributed by atoms with Gasteiger partial charge in [0.25, 0.3) is 0 Å². The number of fused-ring (bicyclic) bond motifs is 1. The number of aromatic hydroxyl groups is 1. The molecule has 0 bridgehead atoms. The lowest BCUT2D eigenvalue weighted by molar-refractivity contribution is 0.355. The smallest absolute Gasteiger partial charge is 0.193 e. The predicted molar refractivity (Wildman–Crippen MR) is 97.7 cm³/mol. The predicted octanol–water partition coefficient (Wildman–Crippen LogP) is 3.31. The van der Waals surface area contributed by atoms with Gasteiger partial charge in [-0.3, -0.25) is 4.79 Å². The summed E-state index contributed by atoms with van der Waals surface area (Å²) in [4.78, 5) is 12.4. The van der Waals surface area contributed by atoms with E-state index in [0.717, 1.165) is 5.56 Å². The fraction of sp³-hybridized carbons (Fsp3) is 0.250. The molecule has 0 unspecified atom stereocenters. The van der Waals surface area contributed by atoms with Gasteiger partial charge in [0, 0.05) is 18.6 Å². The monoisotopic (exact) mass is 356 g/mol. The second kappa shape index (κ2) is 7.39. The first-order valence-electron chi connectivity index (χ1n) is 8.10. The topological polar surface area (TPSA) is 78.1 Å². The van der Waals surface area contributed by atoms with Crippen LogP contribution >= 0.6 is 0 Å². The highest BCUT2D eigenvalue weighted by atomic mass is 16.5. The average Bonchev–Trinajstić information content (AvgIpc) is 2.65. The number of aryl methyl sites for hydroxylation is 2. The van der Waals surface area contributed by atoms with Gasteiger partial charge in [0.1, 0.15) is 11.3 Å². The van der Waals surface area contributed by atoms with E-state index in [2.05, 4.69) is 0 Å². The maximum absolute atomic E-state index is 12.4. The molecule has 0 saturated carbocycles. The van der Waals surface area contributed by atoms with E-state index in [9.17, 15) is 9.90 Å². The van der Waals surface area contributed by atoms with Gasteiger partial charge < -0.3 is 23.7 Å². The van der Waals surface area contributed by atoms with Crippen LogP contribution in [0.4, 0.5) is 0 Å². The van der Waals surface area contributed by atoms with Crippen LogP contribution in [0.15, 0.2) is 45.6 Å². The number of hydrogen-bond donors (Lipinski definition) is 1. The van der Waals surface area contributed by atoms with E-state index in [-0.39, 0.29) is 11.2 Å². The molecule has 0 spiro atoms. The van der Waals surface area contributed by atoms with Crippen LogP contribution in [-0.4, -0.2) is 26.4 Å². The molecule has 136 valence electrons. The Morgan fingerprint density at radius 1 is 0.885 bits per heavy atom. The van der Waals surface area contributed by atoms with Gasteiger partial charge in [-0.1, -0.05) is 6.07 Å². The zero-order chi connectivity index (χ0) is 18.7. The van der Waals surface area contributed by atoms with Crippen LogP contribution in [0.5, 0.6) is 23.0 Å². The van der Waals surface area contributed by atoms with Gasteiger partial charge in [-0.15, -0.1) is 0 Å². The number of ether oxygens (including phenoxy) is 3. The van der Waals surface area contributed by atoms with Gasteiger partial charge >= 0.3 is 0 Å². The first kappa shape index (κ1) is 17.7. The summed E-state index contributed by atoms with van der Waals surface area (Å²) in [6.07, 6.45) is 1.13. The van der Waals surface area contributed by atoms with Crippen molar-refractivity contribution in [3.63, 3.8) is 0 Å². The molecule has 0 saturated heterocycles.